The quantitative estimate of drug-likeness (QED) is 0.892. The van der Waals surface area contributed by atoms with Crippen molar-refractivity contribution in [1.82, 2.24) is 4.90 Å². The molecule has 0 aromatic heterocycles. The molecule has 94 valence electrons. The van der Waals surface area contributed by atoms with Crippen molar-refractivity contribution in [3.8, 4) is 0 Å². The third-order valence-corrected chi connectivity index (χ3v) is 3.72. The molecule has 1 aromatic rings. The van der Waals surface area contributed by atoms with Gasteiger partial charge in [0.1, 0.15) is 0 Å². The van der Waals surface area contributed by atoms with Crippen molar-refractivity contribution in [3.05, 3.63) is 34.9 Å². The van der Waals surface area contributed by atoms with E-state index in [9.17, 15) is 0 Å². The summed E-state index contributed by atoms with van der Waals surface area (Å²) < 4.78 is 0. The molecular formula is C14H20ClNO. The zero-order chi connectivity index (χ0) is 12.1. The molecule has 1 aliphatic heterocycles. The van der Waals surface area contributed by atoms with Crippen LogP contribution in [0.1, 0.15) is 31.2 Å². The maximum absolute atomic E-state index is 9.10. The number of rotatable bonds is 4. The lowest BCUT2D eigenvalue weighted by Gasteiger charge is -2.35. The Hall–Kier alpha value is -0.570. The first-order valence-electron chi connectivity index (χ1n) is 6.39. The molecule has 1 saturated heterocycles. The Morgan fingerprint density at radius 2 is 2.24 bits per heavy atom. The van der Waals surface area contributed by atoms with Crippen molar-refractivity contribution in [3.63, 3.8) is 0 Å². The van der Waals surface area contributed by atoms with Gasteiger partial charge in [-0.2, -0.15) is 0 Å². The molecule has 0 aliphatic carbocycles. The lowest BCUT2D eigenvalue weighted by molar-refractivity contribution is 0.112. The van der Waals surface area contributed by atoms with Crippen molar-refractivity contribution >= 4 is 11.6 Å². The largest absolute Gasteiger partial charge is 0.396 e. The molecule has 1 aromatic carbocycles. The van der Waals surface area contributed by atoms with Crippen molar-refractivity contribution in [2.24, 2.45) is 0 Å². The molecule has 3 heteroatoms. The molecule has 1 atom stereocenters. The zero-order valence-corrected chi connectivity index (χ0v) is 10.9. The summed E-state index contributed by atoms with van der Waals surface area (Å²) in [5, 5.41) is 9.90. The number of halogens is 1. The van der Waals surface area contributed by atoms with Crippen molar-refractivity contribution < 1.29 is 5.11 Å². The Labute approximate surface area is 108 Å². The summed E-state index contributed by atoms with van der Waals surface area (Å²) in [6.45, 7) is 2.37. The second kappa shape index (κ2) is 6.39. The van der Waals surface area contributed by atoms with Crippen molar-refractivity contribution in [1.29, 1.82) is 0 Å². The summed E-state index contributed by atoms with van der Waals surface area (Å²) in [4.78, 5) is 2.48. The van der Waals surface area contributed by atoms with E-state index in [1.165, 1.54) is 24.8 Å². The topological polar surface area (TPSA) is 23.5 Å². The average molecular weight is 254 g/mol. The molecule has 0 unspecified atom stereocenters. The number of hydrogen-bond acceptors (Lipinski definition) is 2. The number of aliphatic hydroxyl groups excluding tert-OH is 1. The minimum absolute atomic E-state index is 0.288. The van der Waals surface area contributed by atoms with Crippen LogP contribution in [0.4, 0.5) is 0 Å². The van der Waals surface area contributed by atoms with E-state index in [4.69, 9.17) is 16.7 Å². The molecule has 1 heterocycles. The van der Waals surface area contributed by atoms with Crippen LogP contribution in [0.3, 0.4) is 0 Å². The minimum atomic E-state index is 0.288. The summed E-state index contributed by atoms with van der Waals surface area (Å²) in [6.07, 6.45) is 4.65. The molecule has 1 fully saturated rings. The lowest BCUT2D eigenvalue weighted by atomic mass is 9.99. The summed E-state index contributed by atoms with van der Waals surface area (Å²) in [5.41, 5.74) is 1.27. The molecule has 17 heavy (non-hydrogen) atoms. The summed E-state index contributed by atoms with van der Waals surface area (Å²) in [5.74, 6) is 0. The van der Waals surface area contributed by atoms with Crippen molar-refractivity contribution in [2.45, 2.75) is 38.3 Å². The Bertz CT molecular complexity index is 354. The van der Waals surface area contributed by atoms with Gasteiger partial charge in [0.2, 0.25) is 0 Å². The van der Waals surface area contributed by atoms with Gasteiger partial charge in [-0.15, -0.1) is 0 Å². The minimum Gasteiger partial charge on any atom is -0.396 e. The van der Waals surface area contributed by atoms with Gasteiger partial charge < -0.3 is 5.11 Å². The molecule has 2 nitrogen and oxygen atoms in total. The maximum atomic E-state index is 9.10. The predicted octanol–water partition coefficient (Wildman–Crippen LogP) is 3.08. The monoisotopic (exact) mass is 253 g/mol. The normalized spacial score (nSPS) is 21.6. The van der Waals surface area contributed by atoms with E-state index in [1.54, 1.807) is 0 Å². The van der Waals surface area contributed by atoms with Crippen LogP contribution in [-0.2, 0) is 6.54 Å². The van der Waals surface area contributed by atoms with Gasteiger partial charge in [-0.05, 0) is 43.5 Å². The van der Waals surface area contributed by atoms with Gasteiger partial charge in [-0.25, -0.2) is 0 Å². The highest BCUT2D eigenvalue weighted by Crippen LogP contribution is 2.22. The predicted molar refractivity (Wildman–Crippen MR) is 71.2 cm³/mol. The fraction of sp³-hybridized carbons (Fsp3) is 0.571. The Morgan fingerprint density at radius 3 is 3.00 bits per heavy atom. The van der Waals surface area contributed by atoms with Crippen molar-refractivity contribution in [2.75, 3.05) is 13.2 Å². The van der Waals surface area contributed by atoms with Crippen LogP contribution in [-0.4, -0.2) is 29.2 Å². The molecule has 0 amide bonds. The van der Waals surface area contributed by atoms with Gasteiger partial charge >= 0.3 is 0 Å². The fourth-order valence-electron chi connectivity index (χ4n) is 2.61. The van der Waals surface area contributed by atoms with Crippen LogP contribution in [0.2, 0.25) is 5.02 Å². The third-order valence-electron chi connectivity index (χ3n) is 3.49. The molecule has 1 aliphatic rings. The first kappa shape index (κ1) is 12.9. The number of hydrogen-bond donors (Lipinski definition) is 1. The summed E-state index contributed by atoms with van der Waals surface area (Å²) >= 11 is 6.00. The molecule has 0 saturated carbocycles. The highest BCUT2D eigenvalue weighted by Gasteiger charge is 2.21. The van der Waals surface area contributed by atoms with Crippen LogP contribution in [0, 0.1) is 0 Å². The van der Waals surface area contributed by atoms with E-state index in [0.717, 1.165) is 24.5 Å². The lowest BCUT2D eigenvalue weighted by Crippen LogP contribution is -2.39. The van der Waals surface area contributed by atoms with E-state index in [2.05, 4.69) is 11.0 Å². The zero-order valence-electron chi connectivity index (χ0n) is 10.1. The first-order valence-corrected chi connectivity index (χ1v) is 6.77. The number of likely N-dealkylation sites (tertiary alicyclic amines) is 1. The summed E-state index contributed by atoms with van der Waals surface area (Å²) in [7, 11) is 0. The second-order valence-electron chi connectivity index (χ2n) is 4.76. The van der Waals surface area contributed by atoms with Gasteiger partial charge in [0.05, 0.1) is 0 Å². The van der Waals surface area contributed by atoms with E-state index in [1.807, 2.05) is 18.2 Å². The molecule has 0 bridgehead atoms. The number of piperidine rings is 1. The first-order chi connectivity index (χ1) is 8.29. The van der Waals surface area contributed by atoms with Crippen LogP contribution in [0.15, 0.2) is 24.3 Å². The molecular weight excluding hydrogens is 234 g/mol. The van der Waals surface area contributed by atoms with Gasteiger partial charge in [0.25, 0.3) is 0 Å². The highest BCUT2D eigenvalue weighted by molar-refractivity contribution is 6.30. The number of aliphatic hydroxyl groups is 1. The van der Waals surface area contributed by atoms with Crippen LogP contribution in [0.25, 0.3) is 0 Å². The van der Waals surface area contributed by atoms with Crippen LogP contribution in [0.5, 0.6) is 0 Å². The van der Waals surface area contributed by atoms with E-state index >= 15 is 0 Å². The maximum Gasteiger partial charge on any atom is 0.0445 e. The Kier molecular flexibility index (Phi) is 4.84. The van der Waals surface area contributed by atoms with Gasteiger partial charge in [-0.3, -0.25) is 4.90 Å². The highest BCUT2D eigenvalue weighted by atomic mass is 35.5. The third kappa shape index (κ3) is 3.70. The number of benzene rings is 1. The molecule has 2 rings (SSSR count). The van der Waals surface area contributed by atoms with Crippen LogP contribution < -0.4 is 0 Å². The Balaban J connectivity index is 2.00. The molecule has 0 spiro atoms. The van der Waals surface area contributed by atoms with E-state index in [0.29, 0.717) is 6.04 Å². The van der Waals surface area contributed by atoms with Gasteiger partial charge in [0.15, 0.2) is 0 Å². The standard InChI is InChI=1S/C14H20ClNO/c15-13-5-3-4-12(10-13)11-16-8-2-1-6-14(16)7-9-17/h3-5,10,14,17H,1-2,6-9,11H2/t14-/m1/s1. The van der Waals surface area contributed by atoms with E-state index < -0.39 is 0 Å². The smallest absolute Gasteiger partial charge is 0.0445 e. The van der Waals surface area contributed by atoms with Gasteiger partial charge in [0, 0.05) is 24.2 Å². The average Bonchev–Trinajstić information content (AvgIpc) is 2.32. The second-order valence-corrected chi connectivity index (χ2v) is 5.20. The van der Waals surface area contributed by atoms with E-state index in [-0.39, 0.29) is 6.61 Å². The number of nitrogens with zero attached hydrogens (tertiary/aromatic N) is 1. The molecule has 1 N–H and O–H groups in total. The molecule has 0 radical (unpaired) electrons. The summed E-state index contributed by atoms with van der Waals surface area (Å²) in [6, 6.07) is 8.60. The fourth-order valence-corrected chi connectivity index (χ4v) is 2.83. The SMILES string of the molecule is OCC[C@H]1CCCCN1Cc1cccc(Cl)c1. The Morgan fingerprint density at radius 1 is 1.35 bits per heavy atom. The van der Waals surface area contributed by atoms with Crippen LogP contribution >= 0.6 is 11.6 Å². The van der Waals surface area contributed by atoms with Gasteiger partial charge in [-0.1, -0.05) is 30.2 Å².